The SMILES string of the molecule is CCCn1c(N2CCN(CC)CC2)c(/C=C2/SC(=S)N(CCCCCCCCCCC(=O)O)C2=O)c(C)c(C#N)c1=O. The normalized spacial score (nSPS) is 17.0. The van der Waals surface area contributed by atoms with Gasteiger partial charge in [0, 0.05) is 51.3 Å². The Morgan fingerprint density at radius 3 is 2.19 bits per heavy atom. The molecule has 0 spiro atoms. The van der Waals surface area contributed by atoms with Crippen molar-refractivity contribution in [1.82, 2.24) is 14.4 Å². The summed E-state index contributed by atoms with van der Waals surface area (Å²) in [6.07, 6.45) is 10.8. The molecule has 1 N–H and O–H groups in total. The van der Waals surface area contributed by atoms with Gasteiger partial charge in [0.15, 0.2) is 0 Å². The molecule has 2 aliphatic heterocycles. The van der Waals surface area contributed by atoms with E-state index in [1.54, 1.807) is 16.4 Å². The van der Waals surface area contributed by atoms with E-state index in [2.05, 4.69) is 22.8 Å². The molecule has 0 aromatic carbocycles. The fourth-order valence-corrected chi connectivity index (χ4v) is 6.91. The van der Waals surface area contributed by atoms with Crippen molar-refractivity contribution in [2.24, 2.45) is 0 Å². The highest BCUT2D eigenvalue weighted by molar-refractivity contribution is 8.26. The molecule has 1 amide bonds. The third kappa shape index (κ3) is 8.68. The molecule has 0 atom stereocenters. The number of carbonyl (C=O) groups excluding carboxylic acids is 1. The number of nitriles is 1. The average Bonchev–Trinajstić information content (AvgIpc) is 3.24. The van der Waals surface area contributed by atoms with Crippen molar-refractivity contribution in [2.45, 2.75) is 91.5 Å². The third-order valence-electron chi connectivity index (χ3n) is 8.08. The number of thiocarbonyl (C=S) groups is 1. The van der Waals surface area contributed by atoms with Crippen LogP contribution in [-0.2, 0) is 16.1 Å². The van der Waals surface area contributed by atoms with E-state index in [1.165, 1.54) is 11.8 Å². The molecular formula is C31H45N5O4S2. The Kier molecular flexibility index (Phi) is 13.5. The zero-order chi connectivity index (χ0) is 30.6. The van der Waals surface area contributed by atoms with Gasteiger partial charge in [-0.3, -0.25) is 23.9 Å². The Bertz CT molecular complexity index is 1260. The zero-order valence-corrected chi connectivity index (χ0v) is 27.0. The second kappa shape index (κ2) is 16.8. The zero-order valence-electron chi connectivity index (χ0n) is 25.3. The van der Waals surface area contributed by atoms with Crippen LogP contribution in [-0.4, -0.2) is 74.9 Å². The first-order chi connectivity index (χ1) is 20.2. The van der Waals surface area contributed by atoms with Gasteiger partial charge < -0.3 is 14.9 Å². The van der Waals surface area contributed by atoms with Gasteiger partial charge in [-0.15, -0.1) is 0 Å². The second-order valence-electron chi connectivity index (χ2n) is 11.0. The van der Waals surface area contributed by atoms with Crippen molar-refractivity contribution >= 4 is 52.1 Å². The summed E-state index contributed by atoms with van der Waals surface area (Å²) in [5, 5.41) is 18.6. The molecule has 0 radical (unpaired) electrons. The maximum absolute atomic E-state index is 13.5. The maximum atomic E-state index is 13.5. The van der Waals surface area contributed by atoms with Crippen molar-refractivity contribution in [1.29, 1.82) is 5.26 Å². The first kappa shape index (κ1) is 33.8. The van der Waals surface area contributed by atoms with Crippen molar-refractivity contribution in [3.8, 4) is 6.07 Å². The number of carbonyl (C=O) groups is 2. The number of hydrogen-bond acceptors (Lipinski definition) is 8. The minimum absolute atomic E-state index is 0.115. The lowest BCUT2D eigenvalue weighted by atomic mass is 10.0. The van der Waals surface area contributed by atoms with Crippen molar-refractivity contribution in [3.63, 3.8) is 0 Å². The molecule has 2 fully saturated rings. The number of carboxylic acids is 1. The number of aliphatic carboxylic acids is 1. The maximum Gasteiger partial charge on any atom is 0.303 e. The number of likely N-dealkylation sites (N-methyl/N-ethyl adjacent to an activating group) is 1. The van der Waals surface area contributed by atoms with Crippen LogP contribution in [0.3, 0.4) is 0 Å². The predicted octanol–water partition coefficient (Wildman–Crippen LogP) is 5.38. The quantitative estimate of drug-likeness (QED) is 0.149. The monoisotopic (exact) mass is 615 g/mol. The van der Waals surface area contributed by atoms with Crippen molar-refractivity contribution < 1.29 is 14.7 Å². The van der Waals surface area contributed by atoms with Gasteiger partial charge in [0.1, 0.15) is 21.8 Å². The van der Waals surface area contributed by atoms with Crippen LogP contribution in [0.25, 0.3) is 6.08 Å². The third-order valence-corrected chi connectivity index (χ3v) is 9.46. The number of nitrogens with zero attached hydrogens (tertiary/aromatic N) is 5. The molecule has 9 nitrogen and oxygen atoms in total. The van der Waals surface area contributed by atoms with Gasteiger partial charge in [0.25, 0.3) is 11.5 Å². The van der Waals surface area contributed by atoms with E-state index in [9.17, 15) is 19.6 Å². The first-order valence-electron chi connectivity index (χ1n) is 15.3. The number of piperazine rings is 1. The minimum Gasteiger partial charge on any atom is -0.481 e. The van der Waals surface area contributed by atoms with Gasteiger partial charge >= 0.3 is 5.97 Å². The summed E-state index contributed by atoms with van der Waals surface area (Å²) in [5.74, 6) is -0.0485. The molecule has 42 heavy (non-hydrogen) atoms. The van der Waals surface area contributed by atoms with E-state index in [4.69, 9.17) is 17.3 Å². The molecule has 3 heterocycles. The Balaban J connectivity index is 1.73. The second-order valence-corrected chi connectivity index (χ2v) is 12.7. The first-order valence-corrected chi connectivity index (χ1v) is 16.6. The Hall–Kier alpha value is -2.68. The molecule has 230 valence electrons. The number of unbranched alkanes of at least 4 members (excludes halogenated alkanes) is 7. The molecule has 1 aromatic heterocycles. The van der Waals surface area contributed by atoms with E-state index < -0.39 is 5.97 Å². The number of thioether (sulfide) groups is 1. The molecule has 2 saturated heterocycles. The fraction of sp³-hybridized carbons (Fsp3) is 0.645. The van der Waals surface area contributed by atoms with Gasteiger partial charge in [-0.05, 0) is 44.4 Å². The highest BCUT2D eigenvalue weighted by atomic mass is 32.2. The number of anilines is 1. The van der Waals surface area contributed by atoms with Crippen LogP contribution in [0.15, 0.2) is 9.70 Å². The largest absolute Gasteiger partial charge is 0.481 e. The highest BCUT2D eigenvalue weighted by Gasteiger charge is 2.33. The summed E-state index contributed by atoms with van der Waals surface area (Å²) in [6, 6.07) is 2.13. The predicted molar refractivity (Wildman–Crippen MR) is 174 cm³/mol. The number of rotatable bonds is 16. The van der Waals surface area contributed by atoms with Crippen LogP contribution in [0.1, 0.15) is 94.7 Å². The van der Waals surface area contributed by atoms with Crippen LogP contribution >= 0.6 is 24.0 Å². The molecule has 0 aliphatic carbocycles. The number of aromatic nitrogens is 1. The fourth-order valence-electron chi connectivity index (χ4n) is 5.62. The summed E-state index contributed by atoms with van der Waals surface area (Å²) in [6.45, 7) is 11.3. The smallest absolute Gasteiger partial charge is 0.303 e. The van der Waals surface area contributed by atoms with Gasteiger partial charge in [0.05, 0.1) is 4.91 Å². The standard InChI is InChI=1S/C31H45N5O4S2/c1-4-15-35-28(34-19-17-33(5-2)18-20-34)24(23(3)25(22-32)29(35)39)21-26-30(40)36(31(41)42-26)16-13-11-9-7-6-8-10-12-14-27(37)38/h21H,4-20H2,1-3H3,(H,37,38)/b26-21+. The van der Waals surface area contributed by atoms with E-state index in [0.717, 1.165) is 102 Å². The van der Waals surface area contributed by atoms with Gasteiger partial charge in [-0.25, -0.2) is 0 Å². The summed E-state index contributed by atoms with van der Waals surface area (Å²) in [4.78, 5) is 44.3. The minimum atomic E-state index is -0.728. The Morgan fingerprint density at radius 1 is 1.00 bits per heavy atom. The number of carboxylic acid groups (broad SMARTS) is 1. The van der Waals surface area contributed by atoms with E-state index in [-0.39, 0.29) is 23.5 Å². The molecule has 3 rings (SSSR count). The van der Waals surface area contributed by atoms with E-state index in [0.29, 0.717) is 27.9 Å². The van der Waals surface area contributed by atoms with Gasteiger partial charge in [0.2, 0.25) is 0 Å². The lowest BCUT2D eigenvalue weighted by Gasteiger charge is -2.37. The number of amides is 1. The van der Waals surface area contributed by atoms with E-state index in [1.807, 2.05) is 13.0 Å². The Morgan fingerprint density at radius 2 is 1.62 bits per heavy atom. The lowest BCUT2D eigenvalue weighted by molar-refractivity contribution is -0.137. The van der Waals surface area contributed by atoms with Crippen LogP contribution in [0, 0.1) is 18.3 Å². The van der Waals surface area contributed by atoms with Crippen LogP contribution in [0.2, 0.25) is 0 Å². The molecular weight excluding hydrogens is 571 g/mol. The topological polar surface area (TPSA) is 110 Å². The summed E-state index contributed by atoms with van der Waals surface area (Å²) in [7, 11) is 0. The molecule has 2 aliphatic rings. The summed E-state index contributed by atoms with van der Waals surface area (Å²) >= 11 is 6.90. The number of hydrogen-bond donors (Lipinski definition) is 1. The average molecular weight is 616 g/mol. The van der Waals surface area contributed by atoms with Gasteiger partial charge in [-0.1, -0.05) is 76.4 Å². The molecule has 11 heteroatoms. The molecule has 0 saturated carbocycles. The summed E-state index contributed by atoms with van der Waals surface area (Å²) < 4.78 is 2.27. The van der Waals surface area contributed by atoms with Gasteiger partial charge in [-0.2, -0.15) is 5.26 Å². The Labute approximate surface area is 259 Å². The molecule has 0 unspecified atom stereocenters. The highest BCUT2D eigenvalue weighted by Crippen LogP contribution is 2.36. The lowest BCUT2D eigenvalue weighted by Crippen LogP contribution is -2.48. The molecule has 0 bridgehead atoms. The van der Waals surface area contributed by atoms with E-state index >= 15 is 0 Å². The summed E-state index contributed by atoms with van der Waals surface area (Å²) in [5.41, 5.74) is 1.22. The van der Waals surface area contributed by atoms with Crippen LogP contribution in [0.4, 0.5) is 5.82 Å². The van der Waals surface area contributed by atoms with Crippen molar-refractivity contribution in [3.05, 3.63) is 31.9 Å². The number of pyridine rings is 1. The molecule has 1 aromatic rings. The van der Waals surface area contributed by atoms with Crippen molar-refractivity contribution in [2.75, 3.05) is 44.2 Å². The van der Waals surface area contributed by atoms with Crippen LogP contribution in [0.5, 0.6) is 0 Å². The van der Waals surface area contributed by atoms with Crippen LogP contribution < -0.4 is 10.5 Å².